The van der Waals surface area contributed by atoms with E-state index in [4.69, 9.17) is 9.05 Å². The zero-order valence-electron chi connectivity index (χ0n) is 11.1. The predicted molar refractivity (Wildman–Crippen MR) is 62.1 cm³/mol. The van der Waals surface area contributed by atoms with Crippen LogP contribution < -0.4 is 0 Å². The molecular formula is C8H16F3O7PS. The molecule has 0 aliphatic heterocycles. The fourth-order valence-electron chi connectivity index (χ4n) is 0.937. The molecule has 1 atom stereocenters. The van der Waals surface area contributed by atoms with Crippen molar-refractivity contribution in [2.24, 2.45) is 0 Å². The Morgan fingerprint density at radius 2 is 1.40 bits per heavy atom. The molecule has 0 aliphatic rings. The van der Waals surface area contributed by atoms with Crippen LogP contribution in [0.2, 0.25) is 0 Å². The largest absolute Gasteiger partial charge is 0.523 e. The van der Waals surface area contributed by atoms with Crippen LogP contribution >= 0.6 is 7.60 Å². The lowest BCUT2D eigenvalue weighted by atomic mass is 10.5. The van der Waals surface area contributed by atoms with Crippen molar-refractivity contribution < 1.29 is 44.5 Å². The number of aliphatic hydroxyl groups excluding tert-OH is 1. The number of aliphatic hydroxyl groups is 1. The summed E-state index contributed by atoms with van der Waals surface area (Å²) in [6.07, 6.45) is -1.63. The molecule has 0 rings (SSSR count). The molecule has 0 aromatic carbocycles. The third kappa shape index (κ3) is 5.66. The second-order valence-electron chi connectivity index (χ2n) is 4.17. The van der Waals surface area contributed by atoms with Crippen molar-refractivity contribution in [1.29, 1.82) is 0 Å². The third-order valence-corrected chi connectivity index (χ3v) is 4.70. The first-order valence-corrected chi connectivity index (χ1v) is 8.37. The van der Waals surface area contributed by atoms with Crippen molar-refractivity contribution in [3.63, 3.8) is 0 Å². The molecule has 0 bridgehead atoms. The second-order valence-corrected chi connectivity index (χ2v) is 7.68. The van der Waals surface area contributed by atoms with Gasteiger partial charge in [0.15, 0.2) is 0 Å². The van der Waals surface area contributed by atoms with Crippen molar-refractivity contribution in [1.82, 2.24) is 0 Å². The molecule has 0 aliphatic carbocycles. The second kappa shape index (κ2) is 6.71. The van der Waals surface area contributed by atoms with Gasteiger partial charge in [0.1, 0.15) is 0 Å². The van der Waals surface area contributed by atoms with Gasteiger partial charge in [-0.3, -0.25) is 4.57 Å². The van der Waals surface area contributed by atoms with Crippen LogP contribution in [0.1, 0.15) is 27.7 Å². The molecule has 0 spiro atoms. The maximum atomic E-state index is 12.1. The van der Waals surface area contributed by atoms with Crippen LogP contribution in [0.4, 0.5) is 13.2 Å². The average molecular weight is 344 g/mol. The molecule has 0 aromatic heterocycles. The Kier molecular flexibility index (Phi) is 6.65. The quantitative estimate of drug-likeness (QED) is 0.327. The van der Waals surface area contributed by atoms with Gasteiger partial charge in [-0.05, 0) is 27.7 Å². The van der Waals surface area contributed by atoms with Gasteiger partial charge in [0.2, 0.25) is 0 Å². The fraction of sp³-hybridized carbons (Fsp3) is 1.00. The molecule has 122 valence electrons. The number of hydrogen-bond acceptors (Lipinski definition) is 7. The molecule has 7 nitrogen and oxygen atoms in total. The molecule has 0 saturated heterocycles. The van der Waals surface area contributed by atoms with E-state index in [0.717, 1.165) is 0 Å². The first kappa shape index (κ1) is 19.8. The van der Waals surface area contributed by atoms with Crippen molar-refractivity contribution in [2.75, 3.05) is 0 Å². The summed E-state index contributed by atoms with van der Waals surface area (Å²) in [5.41, 5.74) is -5.77. The van der Waals surface area contributed by atoms with E-state index in [1.165, 1.54) is 27.7 Å². The summed E-state index contributed by atoms with van der Waals surface area (Å²) >= 11 is 0. The lowest BCUT2D eigenvalue weighted by Gasteiger charge is -2.26. The molecule has 0 radical (unpaired) electrons. The van der Waals surface area contributed by atoms with Crippen molar-refractivity contribution in [3.05, 3.63) is 0 Å². The molecule has 0 saturated carbocycles. The van der Waals surface area contributed by atoms with Crippen molar-refractivity contribution in [2.45, 2.75) is 51.4 Å². The van der Waals surface area contributed by atoms with Crippen LogP contribution in [-0.4, -0.2) is 37.3 Å². The van der Waals surface area contributed by atoms with E-state index < -0.39 is 41.5 Å². The maximum Gasteiger partial charge on any atom is 0.523 e. The number of halogens is 3. The molecule has 0 unspecified atom stereocenters. The van der Waals surface area contributed by atoms with Crippen molar-refractivity contribution >= 4 is 17.7 Å². The van der Waals surface area contributed by atoms with Gasteiger partial charge in [0.05, 0.1) is 12.2 Å². The van der Waals surface area contributed by atoms with Gasteiger partial charge in [-0.15, -0.1) is 0 Å². The molecule has 0 fully saturated rings. The fourth-order valence-corrected chi connectivity index (χ4v) is 3.47. The first-order chi connectivity index (χ1) is 8.71. The molecule has 0 heterocycles. The molecule has 1 N–H and O–H groups in total. The Morgan fingerprint density at radius 1 is 1.05 bits per heavy atom. The first-order valence-electron chi connectivity index (χ1n) is 5.35. The monoisotopic (exact) mass is 344 g/mol. The van der Waals surface area contributed by atoms with Gasteiger partial charge in [-0.25, -0.2) is 4.18 Å². The standard InChI is InChI=1S/C8H16F3O7PS/c1-5(2)16-19(13,17-6(3)4)7(12)18-20(14,15)8(9,10)11/h5-7,12H,1-4H3/t7-/m0/s1. The van der Waals surface area contributed by atoms with Crippen LogP contribution in [0.5, 0.6) is 0 Å². The van der Waals surface area contributed by atoms with E-state index in [0.29, 0.717) is 0 Å². The predicted octanol–water partition coefficient (Wildman–Crippen LogP) is 2.17. The summed E-state index contributed by atoms with van der Waals surface area (Å²) < 4.78 is 82.8. The van der Waals surface area contributed by atoms with E-state index in [1.54, 1.807) is 0 Å². The van der Waals surface area contributed by atoms with Gasteiger partial charge >= 0.3 is 23.2 Å². The highest BCUT2D eigenvalue weighted by Gasteiger charge is 2.52. The Bertz CT molecular complexity index is 445. The van der Waals surface area contributed by atoms with Gasteiger partial charge in [0.25, 0.3) is 6.03 Å². The van der Waals surface area contributed by atoms with Crippen LogP contribution in [-0.2, 0) is 27.9 Å². The van der Waals surface area contributed by atoms with Gasteiger partial charge < -0.3 is 14.2 Å². The summed E-state index contributed by atoms with van der Waals surface area (Å²) in [6.45, 7) is 5.45. The third-order valence-electron chi connectivity index (χ3n) is 1.48. The highest BCUT2D eigenvalue weighted by molar-refractivity contribution is 7.87. The molecular weight excluding hydrogens is 328 g/mol. The van der Waals surface area contributed by atoms with Gasteiger partial charge in [-0.1, -0.05) is 0 Å². The Balaban J connectivity index is 5.27. The highest BCUT2D eigenvalue weighted by Crippen LogP contribution is 2.55. The Morgan fingerprint density at radius 3 is 1.65 bits per heavy atom. The van der Waals surface area contributed by atoms with Gasteiger partial charge in [0, 0.05) is 0 Å². The minimum Gasteiger partial charge on any atom is -0.358 e. The van der Waals surface area contributed by atoms with E-state index in [9.17, 15) is 31.3 Å². The smallest absolute Gasteiger partial charge is 0.358 e. The minimum atomic E-state index is -6.13. The molecule has 12 heteroatoms. The van der Waals surface area contributed by atoms with Crippen LogP contribution in [0, 0.1) is 0 Å². The van der Waals surface area contributed by atoms with Crippen LogP contribution in [0.25, 0.3) is 0 Å². The normalized spacial score (nSPS) is 15.9. The summed E-state index contributed by atoms with van der Waals surface area (Å²) in [7, 11) is -10.8. The van der Waals surface area contributed by atoms with E-state index >= 15 is 0 Å². The van der Waals surface area contributed by atoms with E-state index in [1.807, 2.05) is 0 Å². The molecule has 0 amide bonds. The number of hydrogen-bond donors (Lipinski definition) is 1. The summed E-state index contributed by atoms with van der Waals surface area (Å²) in [5, 5.41) is 9.35. The number of rotatable bonds is 7. The lowest BCUT2D eigenvalue weighted by Crippen LogP contribution is -2.31. The number of alkyl halides is 3. The van der Waals surface area contributed by atoms with Gasteiger partial charge in [-0.2, -0.15) is 21.6 Å². The van der Waals surface area contributed by atoms with Crippen LogP contribution in [0.15, 0.2) is 0 Å². The maximum absolute atomic E-state index is 12.1. The molecule has 0 aromatic rings. The summed E-state index contributed by atoms with van der Waals surface area (Å²) in [5.74, 6) is 0. The Hall–Kier alpha value is -0.190. The minimum absolute atomic E-state index is 0.813. The topological polar surface area (TPSA) is 99.1 Å². The zero-order chi connectivity index (χ0) is 16.4. The SMILES string of the molecule is CC(C)OP(=O)(OC(C)C)[C@@H](O)OS(=O)(=O)C(F)(F)F. The van der Waals surface area contributed by atoms with Crippen molar-refractivity contribution in [3.8, 4) is 0 Å². The van der Waals surface area contributed by atoms with E-state index in [-0.39, 0.29) is 0 Å². The average Bonchev–Trinajstić information content (AvgIpc) is 2.11. The zero-order valence-corrected chi connectivity index (χ0v) is 12.8. The molecule has 20 heavy (non-hydrogen) atoms. The van der Waals surface area contributed by atoms with E-state index in [2.05, 4.69) is 4.18 Å². The Labute approximate surface area is 114 Å². The highest BCUT2D eigenvalue weighted by atomic mass is 32.2. The lowest BCUT2D eigenvalue weighted by molar-refractivity contribution is -0.0690. The summed E-state index contributed by atoms with van der Waals surface area (Å²) in [4.78, 5) is 0. The summed E-state index contributed by atoms with van der Waals surface area (Å²) in [6, 6.07) is -2.92. The van der Waals surface area contributed by atoms with Crippen LogP contribution in [0.3, 0.4) is 0 Å².